The van der Waals surface area contributed by atoms with Crippen LogP contribution in [0.4, 0.5) is 4.39 Å². The Morgan fingerprint density at radius 2 is 2.33 bits per heavy atom. The number of halogens is 2. The lowest BCUT2D eigenvalue weighted by atomic mass is 10.8. The lowest BCUT2D eigenvalue weighted by Gasteiger charge is -1.88. The van der Waals surface area contributed by atoms with Crippen LogP contribution in [-0.4, -0.2) is 19.3 Å². The van der Waals surface area contributed by atoms with E-state index in [1.807, 2.05) is 0 Å². The monoisotopic (exact) mass is 112 g/mol. The van der Waals surface area contributed by atoms with Crippen molar-refractivity contribution in [2.75, 3.05) is 19.3 Å². The zero-order chi connectivity index (χ0) is 4.83. The highest BCUT2D eigenvalue weighted by Crippen LogP contribution is 1.77. The fourth-order valence-corrected chi connectivity index (χ4v) is 0.218. The van der Waals surface area contributed by atoms with Gasteiger partial charge in [-0.05, 0) is 0 Å². The van der Waals surface area contributed by atoms with Crippen LogP contribution < -0.4 is 0 Å². The molecule has 0 aliphatic carbocycles. The summed E-state index contributed by atoms with van der Waals surface area (Å²) in [6, 6.07) is 0.0872. The van der Waals surface area contributed by atoms with Gasteiger partial charge >= 0.3 is 0 Å². The zero-order valence-corrected chi connectivity index (χ0v) is 4.04. The van der Waals surface area contributed by atoms with Crippen LogP contribution in [0.3, 0.4) is 0 Å². The van der Waals surface area contributed by atoms with E-state index in [2.05, 4.69) is 4.74 Å². The Morgan fingerprint density at radius 1 is 1.67 bits per heavy atom. The Balaban J connectivity index is 2.34. The fraction of sp³-hybridized carbons (Fsp3) is 1.00. The SMILES string of the molecule is FCCOCCl. The molecule has 0 bridgehead atoms. The van der Waals surface area contributed by atoms with Gasteiger partial charge in [0, 0.05) is 0 Å². The number of hydrogen-bond donors (Lipinski definition) is 0. The number of alkyl halides is 2. The highest BCUT2D eigenvalue weighted by Gasteiger charge is 1.77. The molecule has 0 aliphatic rings. The van der Waals surface area contributed by atoms with Crippen LogP contribution in [0.2, 0.25) is 0 Å². The van der Waals surface area contributed by atoms with Gasteiger partial charge in [-0.25, -0.2) is 4.39 Å². The molecule has 0 aromatic rings. The van der Waals surface area contributed by atoms with Crippen molar-refractivity contribution >= 4 is 11.6 Å². The largest absolute Gasteiger partial charge is 0.363 e. The summed E-state index contributed by atoms with van der Waals surface area (Å²) in [5.74, 6) is 0. The third-order valence-corrected chi connectivity index (χ3v) is 0.453. The maximum absolute atomic E-state index is 11.0. The molecule has 1 nitrogen and oxygen atoms in total. The summed E-state index contributed by atoms with van der Waals surface area (Å²) in [5.41, 5.74) is 0. The van der Waals surface area contributed by atoms with Crippen molar-refractivity contribution in [2.24, 2.45) is 0 Å². The van der Waals surface area contributed by atoms with Gasteiger partial charge in [0.2, 0.25) is 0 Å². The summed E-state index contributed by atoms with van der Waals surface area (Å²) in [7, 11) is 0. The molecule has 0 unspecified atom stereocenters. The number of rotatable bonds is 3. The molecule has 0 radical (unpaired) electrons. The number of hydrogen-bond acceptors (Lipinski definition) is 1. The quantitative estimate of drug-likeness (QED) is 0.393. The molecule has 0 saturated carbocycles. The van der Waals surface area contributed by atoms with E-state index in [9.17, 15) is 4.39 Å². The van der Waals surface area contributed by atoms with E-state index < -0.39 is 6.67 Å². The van der Waals surface area contributed by atoms with Crippen molar-refractivity contribution in [1.82, 2.24) is 0 Å². The van der Waals surface area contributed by atoms with Crippen LogP contribution in [0.1, 0.15) is 0 Å². The summed E-state index contributed by atoms with van der Waals surface area (Å²) >= 11 is 4.99. The molecule has 0 rings (SSSR count). The molecule has 0 aromatic heterocycles. The summed E-state index contributed by atoms with van der Waals surface area (Å²) < 4.78 is 15.4. The predicted octanol–water partition coefficient (Wildman–Crippen LogP) is 1.17. The fourth-order valence-electron chi connectivity index (χ4n) is 0.109. The van der Waals surface area contributed by atoms with Crippen LogP contribution >= 0.6 is 11.6 Å². The van der Waals surface area contributed by atoms with E-state index in [4.69, 9.17) is 11.6 Å². The van der Waals surface area contributed by atoms with Gasteiger partial charge in [-0.15, -0.1) is 0 Å². The molecule has 3 heteroatoms. The Bertz CT molecular complexity index is 22.8. The van der Waals surface area contributed by atoms with Crippen molar-refractivity contribution in [3.05, 3.63) is 0 Å². The van der Waals surface area contributed by atoms with E-state index in [0.29, 0.717) is 0 Å². The van der Waals surface area contributed by atoms with Crippen LogP contribution in [-0.2, 0) is 4.74 Å². The summed E-state index contributed by atoms with van der Waals surface area (Å²) in [4.78, 5) is 0. The normalized spacial score (nSPS) is 9.00. The van der Waals surface area contributed by atoms with Crippen molar-refractivity contribution in [2.45, 2.75) is 0 Å². The van der Waals surface area contributed by atoms with E-state index in [1.54, 1.807) is 0 Å². The Hall–Kier alpha value is 0.180. The minimum absolute atomic E-state index is 0.0872. The van der Waals surface area contributed by atoms with E-state index >= 15 is 0 Å². The Kier molecular flexibility index (Phi) is 5.34. The minimum atomic E-state index is -0.452. The molecule has 0 fully saturated rings. The molecule has 0 saturated heterocycles. The first-order valence-electron chi connectivity index (χ1n) is 1.61. The van der Waals surface area contributed by atoms with Gasteiger partial charge in [-0.2, -0.15) is 0 Å². The first-order chi connectivity index (χ1) is 2.91. The molecule has 0 aromatic carbocycles. The first kappa shape index (κ1) is 6.18. The van der Waals surface area contributed by atoms with Gasteiger partial charge in [-0.1, -0.05) is 11.6 Å². The van der Waals surface area contributed by atoms with Gasteiger partial charge in [0.05, 0.1) is 6.61 Å². The standard InChI is InChI=1S/C3H6ClFO/c4-3-6-2-1-5/h1-3H2. The molecule has 6 heavy (non-hydrogen) atoms. The topological polar surface area (TPSA) is 9.23 Å². The van der Waals surface area contributed by atoms with Gasteiger partial charge in [0.1, 0.15) is 12.7 Å². The highest BCUT2D eigenvalue weighted by atomic mass is 35.5. The van der Waals surface area contributed by atoms with Gasteiger partial charge in [0.15, 0.2) is 0 Å². The highest BCUT2D eigenvalue weighted by molar-refractivity contribution is 6.17. The minimum Gasteiger partial charge on any atom is -0.363 e. The molecule has 0 atom stereocenters. The summed E-state index contributed by atoms with van der Waals surface area (Å²) in [6.07, 6.45) is 0. The predicted molar refractivity (Wildman–Crippen MR) is 22.6 cm³/mol. The molecular weight excluding hydrogens is 106 g/mol. The van der Waals surface area contributed by atoms with Crippen LogP contribution in [0, 0.1) is 0 Å². The average molecular weight is 113 g/mol. The average Bonchev–Trinajstić information content (AvgIpc) is 1.61. The Morgan fingerprint density at radius 3 is 2.50 bits per heavy atom. The molecular formula is C3H6ClFO. The second kappa shape index (κ2) is 5.18. The van der Waals surface area contributed by atoms with Gasteiger partial charge in [0.25, 0.3) is 0 Å². The summed E-state index contributed by atoms with van der Waals surface area (Å²) in [6.45, 7) is -0.337. The lowest BCUT2D eigenvalue weighted by Crippen LogP contribution is -1.91. The molecule has 0 heterocycles. The second-order valence-corrected chi connectivity index (χ2v) is 0.925. The van der Waals surface area contributed by atoms with Gasteiger partial charge < -0.3 is 4.74 Å². The van der Waals surface area contributed by atoms with Gasteiger partial charge in [-0.3, -0.25) is 0 Å². The van der Waals surface area contributed by atoms with E-state index in [1.165, 1.54) is 0 Å². The third kappa shape index (κ3) is 4.18. The van der Waals surface area contributed by atoms with Crippen molar-refractivity contribution in [1.29, 1.82) is 0 Å². The Labute approximate surface area is 41.1 Å². The van der Waals surface area contributed by atoms with Crippen molar-refractivity contribution < 1.29 is 9.13 Å². The maximum Gasteiger partial charge on any atom is 0.120 e. The van der Waals surface area contributed by atoms with E-state index in [0.717, 1.165) is 0 Å². The van der Waals surface area contributed by atoms with Crippen molar-refractivity contribution in [3.8, 4) is 0 Å². The van der Waals surface area contributed by atoms with Crippen LogP contribution in [0.25, 0.3) is 0 Å². The molecule has 0 N–H and O–H groups in total. The molecule has 0 amide bonds. The van der Waals surface area contributed by atoms with Crippen LogP contribution in [0.5, 0.6) is 0 Å². The first-order valence-corrected chi connectivity index (χ1v) is 2.15. The van der Waals surface area contributed by atoms with E-state index in [-0.39, 0.29) is 12.7 Å². The zero-order valence-electron chi connectivity index (χ0n) is 3.29. The molecule has 0 spiro atoms. The number of ether oxygens (including phenoxy) is 1. The van der Waals surface area contributed by atoms with Crippen LogP contribution in [0.15, 0.2) is 0 Å². The molecule has 38 valence electrons. The summed E-state index contributed by atoms with van der Waals surface area (Å²) in [5, 5.41) is 0. The lowest BCUT2D eigenvalue weighted by molar-refractivity contribution is 0.158. The smallest absolute Gasteiger partial charge is 0.120 e. The second-order valence-electron chi connectivity index (χ2n) is 0.706. The maximum atomic E-state index is 11.0. The third-order valence-electron chi connectivity index (χ3n) is 0.299. The van der Waals surface area contributed by atoms with Crippen molar-refractivity contribution in [3.63, 3.8) is 0 Å². The molecule has 0 aliphatic heterocycles.